The van der Waals surface area contributed by atoms with Crippen molar-refractivity contribution in [2.75, 3.05) is 13.2 Å². The van der Waals surface area contributed by atoms with E-state index < -0.39 is 17.8 Å². The summed E-state index contributed by atoms with van der Waals surface area (Å²) in [5, 5.41) is 8.73. The van der Waals surface area contributed by atoms with Crippen molar-refractivity contribution in [1.29, 1.82) is 0 Å². The molecule has 0 bridgehead atoms. The molecule has 2 amide bonds. The summed E-state index contributed by atoms with van der Waals surface area (Å²) in [5.74, 6) is -0.568. The number of ether oxygens (including phenoxy) is 2. The molecule has 8 nitrogen and oxygen atoms in total. The van der Waals surface area contributed by atoms with E-state index in [4.69, 9.17) is 21.1 Å². The Morgan fingerprint density at radius 2 is 1.61 bits per heavy atom. The zero-order valence-electron chi connectivity index (χ0n) is 20.4. The first-order chi connectivity index (χ1) is 18.4. The van der Waals surface area contributed by atoms with E-state index >= 15 is 0 Å². The number of esters is 1. The van der Waals surface area contributed by atoms with Crippen LogP contribution >= 0.6 is 11.6 Å². The number of hydrazone groups is 1. The van der Waals surface area contributed by atoms with E-state index in [9.17, 15) is 14.4 Å². The zero-order valence-corrected chi connectivity index (χ0v) is 21.2. The predicted molar refractivity (Wildman–Crippen MR) is 146 cm³/mol. The summed E-state index contributed by atoms with van der Waals surface area (Å²) in [6.45, 7) is 2.12. The minimum absolute atomic E-state index is 0.275. The molecule has 38 heavy (non-hydrogen) atoms. The summed E-state index contributed by atoms with van der Waals surface area (Å²) in [6, 6.07) is 24.0. The number of carbonyl (C=O) groups is 3. The fourth-order valence-electron chi connectivity index (χ4n) is 3.58. The lowest BCUT2D eigenvalue weighted by atomic mass is 10.0. The van der Waals surface area contributed by atoms with Gasteiger partial charge in [0, 0.05) is 16.1 Å². The van der Waals surface area contributed by atoms with E-state index in [-0.39, 0.29) is 12.3 Å². The van der Waals surface area contributed by atoms with Crippen LogP contribution < -0.4 is 20.2 Å². The Kier molecular flexibility index (Phi) is 8.69. The quantitative estimate of drug-likeness (QED) is 0.137. The molecule has 0 aliphatic rings. The molecule has 0 heterocycles. The molecule has 0 aliphatic heterocycles. The molecule has 0 unspecified atom stereocenters. The molecule has 9 heteroatoms. The minimum Gasteiger partial charge on any atom is -0.494 e. The highest BCUT2D eigenvalue weighted by molar-refractivity contribution is 6.30. The summed E-state index contributed by atoms with van der Waals surface area (Å²) in [5.41, 5.74) is 3.62. The molecule has 4 aromatic carbocycles. The minimum atomic E-state index is -0.549. The largest absolute Gasteiger partial charge is 0.494 e. The van der Waals surface area contributed by atoms with Gasteiger partial charge in [-0.2, -0.15) is 5.10 Å². The van der Waals surface area contributed by atoms with Crippen LogP contribution in [0.4, 0.5) is 0 Å². The second kappa shape index (κ2) is 12.5. The van der Waals surface area contributed by atoms with Crippen molar-refractivity contribution in [1.82, 2.24) is 10.7 Å². The number of nitrogens with zero attached hydrogens (tertiary/aromatic N) is 1. The Morgan fingerprint density at radius 3 is 2.34 bits per heavy atom. The lowest BCUT2D eigenvalue weighted by molar-refractivity contribution is -0.120. The molecule has 0 atom stereocenters. The van der Waals surface area contributed by atoms with Gasteiger partial charge < -0.3 is 14.8 Å². The van der Waals surface area contributed by atoms with E-state index in [0.717, 1.165) is 10.8 Å². The fraction of sp³-hybridized carbons (Fsp3) is 0.103. The number of rotatable bonds is 9. The number of hydrogen-bond donors (Lipinski definition) is 2. The van der Waals surface area contributed by atoms with Crippen LogP contribution in [-0.2, 0) is 4.79 Å². The molecular weight excluding hydrogens is 506 g/mol. The lowest BCUT2D eigenvalue weighted by Gasteiger charge is -2.11. The van der Waals surface area contributed by atoms with Crippen molar-refractivity contribution in [3.8, 4) is 11.5 Å². The first-order valence-corrected chi connectivity index (χ1v) is 12.1. The van der Waals surface area contributed by atoms with Crippen LogP contribution in [0.3, 0.4) is 0 Å². The van der Waals surface area contributed by atoms with Crippen LogP contribution in [-0.4, -0.2) is 37.1 Å². The topological polar surface area (TPSA) is 106 Å². The SMILES string of the molecule is CCOc1ccc(C(=O)Oc2ccc3ccccc3c2/C=N/NC(=O)CNC(=O)c2ccc(Cl)cc2)cc1. The Bertz CT molecular complexity index is 1480. The number of nitrogens with one attached hydrogen (secondary N) is 2. The maximum Gasteiger partial charge on any atom is 0.343 e. The van der Waals surface area contributed by atoms with E-state index in [1.165, 1.54) is 6.21 Å². The van der Waals surface area contributed by atoms with Crippen molar-refractivity contribution in [2.24, 2.45) is 5.10 Å². The van der Waals surface area contributed by atoms with Gasteiger partial charge in [-0.15, -0.1) is 0 Å². The first-order valence-electron chi connectivity index (χ1n) is 11.8. The van der Waals surface area contributed by atoms with Crippen molar-refractivity contribution in [2.45, 2.75) is 6.92 Å². The van der Waals surface area contributed by atoms with Gasteiger partial charge in [-0.25, -0.2) is 10.2 Å². The Labute approximate surface area is 224 Å². The smallest absolute Gasteiger partial charge is 0.343 e. The Hall–Kier alpha value is -4.69. The molecule has 4 rings (SSSR count). The first kappa shape index (κ1) is 26.4. The maximum atomic E-state index is 12.8. The molecule has 0 saturated carbocycles. The molecule has 192 valence electrons. The van der Waals surface area contributed by atoms with E-state index in [2.05, 4.69) is 15.8 Å². The van der Waals surface area contributed by atoms with E-state index in [1.807, 2.05) is 37.3 Å². The normalized spacial score (nSPS) is 10.8. The van der Waals surface area contributed by atoms with Crippen LogP contribution in [0.25, 0.3) is 10.8 Å². The summed E-state index contributed by atoms with van der Waals surface area (Å²) in [4.78, 5) is 37.3. The molecule has 2 N–H and O–H groups in total. The lowest BCUT2D eigenvalue weighted by Crippen LogP contribution is -2.34. The average molecular weight is 530 g/mol. The van der Waals surface area contributed by atoms with Crippen molar-refractivity contribution in [3.05, 3.63) is 107 Å². The molecule has 0 radical (unpaired) electrons. The van der Waals surface area contributed by atoms with Gasteiger partial charge in [0.2, 0.25) is 0 Å². The van der Waals surface area contributed by atoms with Gasteiger partial charge >= 0.3 is 5.97 Å². The average Bonchev–Trinajstić information content (AvgIpc) is 2.93. The molecular formula is C29H24ClN3O5. The highest BCUT2D eigenvalue weighted by atomic mass is 35.5. The van der Waals surface area contributed by atoms with Gasteiger partial charge in [-0.05, 0) is 72.3 Å². The molecule has 0 spiro atoms. The van der Waals surface area contributed by atoms with Crippen LogP contribution in [0.5, 0.6) is 11.5 Å². The van der Waals surface area contributed by atoms with Crippen LogP contribution in [0, 0.1) is 0 Å². The maximum absolute atomic E-state index is 12.8. The highest BCUT2D eigenvalue weighted by Crippen LogP contribution is 2.27. The molecule has 0 fully saturated rings. The number of benzene rings is 4. The van der Waals surface area contributed by atoms with E-state index in [1.54, 1.807) is 54.6 Å². The summed E-state index contributed by atoms with van der Waals surface area (Å²) in [6.07, 6.45) is 1.40. The van der Waals surface area contributed by atoms with Crippen molar-refractivity contribution in [3.63, 3.8) is 0 Å². The van der Waals surface area contributed by atoms with Crippen molar-refractivity contribution < 1.29 is 23.9 Å². The molecule has 0 aromatic heterocycles. The number of hydrogen-bond acceptors (Lipinski definition) is 6. The van der Waals surface area contributed by atoms with E-state index in [0.29, 0.717) is 34.1 Å². The van der Waals surface area contributed by atoms with Gasteiger partial charge in [0.1, 0.15) is 11.5 Å². The molecule has 4 aromatic rings. The van der Waals surface area contributed by atoms with Gasteiger partial charge in [0.15, 0.2) is 0 Å². The molecule has 0 saturated heterocycles. The summed E-state index contributed by atoms with van der Waals surface area (Å²) >= 11 is 5.83. The van der Waals surface area contributed by atoms with Crippen LogP contribution in [0.15, 0.2) is 90.0 Å². The summed E-state index contributed by atoms with van der Waals surface area (Å²) < 4.78 is 11.1. The Morgan fingerprint density at radius 1 is 0.895 bits per heavy atom. The standard InChI is InChI=1S/C29H24ClN3O5/c1-2-37-23-14-9-21(10-15-23)29(36)38-26-16-11-19-5-3-4-6-24(19)25(26)17-32-33-27(34)18-31-28(35)20-7-12-22(30)13-8-20/h3-17H,2,18H2,1H3,(H,31,35)(H,33,34)/b32-17+. The monoisotopic (exact) mass is 529 g/mol. The number of halogens is 1. The number of carbonyl (C=O) groups excluding carboxylic acids is 3. The second-order valence-corrected chi connectivity index (χ2v) is 8.46. The van der Waals surface area contributed by atoms with Gasteiger partial charge in [-0.3, -0.25) is 9.59 Å². The van der Waals surface area contributed by atoms with Crippen LogP contribution in [0.1, 0.15) is 33.2 Å². The Balaban J connectivity index is 1.45. The highest BCUT2D eigenvalue weighted by Gasteiger charge is 2.14. The number of fused-ring (bicyclic) bond motifs is 1. The van der Waals surface area contributed by atoms with Gasteiger partial charge in [-0.1, -0.05) is 41.9 Å². The zero-order chi connectivity index (χ0) is 26.9. The second-order valence-electron chi connectivity index (χ2n) is 8.03. The van der Waals surface area contributed by atoms with Crippen molar-refractivity contribution >= 4 is 46.4 Å². The van der Waals surface area contributed by atoms with Gasteiger partial charge in [0.25, 0.3) is 11.8 Å². The van der Waals surface area contributed by atoms with Gasteiger partial charge in [0.05, 0.1) is 24.9 Å². The fourth-order valence-corrected chi connectivity index (χ4v) is 3.71. The third-order valence-electron chi connectivity index (χ3n) is 5.43. The third kappa shape index (κ3) is 6.74. The third-order valence-corrected chi connectivity index (χ3v) is 5.69. The van der Waals surface area contributed by atoms with Crippen LogP contribution in [0.2, 0.25) is 5.02 Å². The summed E-state index contributed by atoms with van der Waals surface area (Å²) in [7, 11) is 0. The predicted octanol–water partition coefficient (Wildman–Crippen LogP) is 4.99. The molecule has 0 aliphatic carbocycles. The number of amides is 2.